The van der Waals surface area contributed by atoms with Crippen LogP contribution >= 0.6 is 0 Å². The van der Waals surface area contributed by atoms with E-state index in [1.165, 1.54) is 11.0 Å². The summed E-state index contributed by atoms with van der Waals surface area (Å²) in [6.07, 6.45) is 2.68. The molecule has 4 rings (SSSR count). The van der Waals surface area contributed by atoms with Gasteiger partial charge in [0.15, 0.2) is 17.1 Å². The number of ether oxygens (including phenoxy) is 2. The van der Waals surface area contributed by atoms with Crippen LogP contribution in [0.3, 0.4) is 0 Å². The Labute approximate surface area is 155 Å². The molecule has 0 radical (unpaired) electrons. The van der Waals surface area contributed by atoms with Crippen LogP contribution in [-0.4, -0.2) is 32.1 Å². The van der Waals surface area contributed by atoms with Gasteiger partial charge in [0.25, 0.3) is 0 Å². The van der Waals surface area contributed by atoms with Crippen molar-refractivity contribution in [2.45, 2.75) is 0 Å². The van der Waals surface area contributed by atoms with Crippen LogP contribution in [0.4, 0.5) is 10.5 Å². The molecule has 1 aliphatic rings. The van der Waals surface area contributed by atoms with Crippen LogP contribution in [0, 0.1) is 0 Å². The lowest BCUT2D eigenvalue weighted by atomic mass is 10.1. The first-order valence-corrected chi connectivity index (χ1v) is 8.49. The summed E-state index contributed by atoms with van der Waals surface area (Å²) in [6.45, 7) is 0.833. The Bertz CT molecular complexity index is 1050. The van der Waals surface area contributed by atoms with Crippen molar-refractivity contribution in [3.63, 3.8) is 0 Å². The molecule has 0 saturated carbocycles. The fourth-order valence-electron chi connectivity index (χ4n) is 3.01. The zero-order valence-corrected chi connectivity index (χ0v) is 14.7. The van der Waals surface area contributed by atoms with Crippen LogP contribution < -0.4 is 9.64 Å². The predicted octanol–water partition coefficient (Wildman–Crippen LogP) is 4.29. The number of furan rings is 1. The summed E-state index contributed by atoms with van der Waals surface area (Å²) in [5.74, 6) is 1.02. The number of para-hydroxylation sites is 1. The van der Waals surface area contributed by atoms with Crippen molar-refractivity contribution in [2.75, 3.05) is 25.2 Å². The summed E-state index contributed by atoms with van der Waals surface area (Å²) in [4.78, 5) is 25.7. The average molecular weight is 363 g/mol. The number of rotatable bonds is 5. The molecule has 2 aromatic carbocycles. The molecule has 0 spiro atoms. The van der Waals surface area contributed by atoms with Crippen LogP contribution in [0.25, 0.3) is 17.0 Å². The van der Waals surface area contributed by atoms with Crippen molar-refractivity contribution in [1.29, 1.82) is 0 Å². The van der Waals surface area contributed by atoms with E-state index in [4.69, 9.17) is 13.9 Å². The number of carbonyl (C=O) groups is 2. The maximum Gasteiger partial charge on any atom is 0.414 e. The van der Waals surface area contributed by atoms with Crippen LogP contribution in [0.2, 0.25) is 0 Å². The van der Waals surface area contributed by atoms with E-state index < -0.39 is 6.09 Å². The van der Waals surface area contributed by atoms with Gasteiger partial charge in [-0.25, -0.2) is 4.79 Å². The first kappa shape index (κ1) is 16.9. The van der Waals surface area contributed by atoms with Crippen molar-refractivity contribution in [3.05, 3.63) is 65.9 Å². The molecule has 0 aliphatic carbocycles. The molecule has 1 saturated heterocycles. The number of hydrogen-bond donors (Lipinski definition) is 0. The fourth-order valence-corrected chi connectivity index (χ4v) is 3.01. The first-order chi connectivity index (χ1) is 13.2. The molecule has 0 N–H and O–H groups in total. The number of anilines is 1. The van der Waals surface area contributed by atoms with Gasteiger partial charge in [0.05, 0.1) is 13.7 Å². The molecule has 6 heteroatoms. The molecule has 2 heterocycles. The van der Waals surface area contributed by atoms with Crippen LogP contribution in [0.1, 0.15) is 16.1 Å². The number of cyclic esters (lactones) is 1. The van der Waals surface area contributed by atoms with E-state index in [0.29, 0.717) is 41.5 Å². The van der Waals surface area contributed by atoms with E-state index >= 15 is 0 Å². The van der Waals surface area contributed by atoms with E-state index in [2.05, 4.69) is 0 Å². The lowest BCUT2D eigenvalue weighted by Crippen LogP contribution is -2.23. The highest BCUT2D eigenvalue weighted by atomic mass is 16.6. The number of ketones is 1. The number of fused-ring (bicyclic) bond motifs is 1. The minimum absolute atomic E-state index is 0.183. The highest BCUT2D eigenvalue weighted by Crippen LogP contribution is 2.29. The van der Waals surface area contributed by atoms with Gasteiger partial charge in [-0.2, -0.15) is 0 Å². The lowest BCUT2D eigenvalue weighted by molar-refractivity contribution is 0.104. The Morgan fingerprint density at radius 2 is 2.04 bits per heavy atom. The summed E-state index contributed by atoms with van der Waals surface area (Å²) in [5, 5.41) is 0.899. The summed E-state index contributed by atoms with van der Waals surface area (Å²) >= 11 is 0. The van der Waals surface area contributed by atoms with E-state index in [1.807, 2.05) is 24.3 Å². The number of hydrogen-bond acceptors (Lipinski definition) is 5. The molecule has 6 nitrogen and oxygen atoms in total. The van der Waals surface area contributed by atoms with Gasteiger partial charge < -0.3 is 13.9 Å². The van der Waals surface area contributed by atoms with Crippen molar-refractivity contribution in [2.24, 2.45) is 0 Å². The second-order valence-electron chi connectivity index (χ2n) is 6.04. The summed E-state index contributed by atoms with van der Waals surface area (Å²) < 4.78 is 16.0. The number of amides is 1. The molecular formula is C21H17NO5. The van der Waals surface area contributed by atoms with Gasteiger partial charge in [-0.3, -0.25) is 9.69 Å². The van der Waals surface area contributed by atoms with Gasteiger partial charge in [-0.05, 0) is 36.4 Å². The predicted molar refractivity (Wildman–Crippen MR) is 101 cm³/mol. The summed E-state index contributed by atoms with van der Waals surface area (Å²) in [6, 6.07) is 14.4. The van der Waals surface area contributed by atoms with Gasteiger partial charge in [-0.15, -0.1) is 0 Å². The number of carbonyl (C=O) groups excluding carboxylic acids is 2. The maximum absolute atomic E-state index is 12.5. The SMILES string of the molecule is COc1cccc2cc(C=CC(=O)c3cccc(N4CCOC4=O)c3)oc12. The highest BCUT2D eigenvalue weighted by Gasteiger charge is 2.23. The third-order valence-electron chi connectivity index (χ3n) is 4.35. The van der Waals surface area contributed by atoms with Gasteiger partial charge >= 0.3 is 6.09 Å². The number of nitrogens with zero attached hydrogens (tertiary/aromatic N) is 1. The number of allylic oxidation sites excluding steroid dienone is 1. The third kappa shape index (κ3) is 3.29. The summed E-state index contributed by atoms with van der Waals surface area (Å²) in [7, 11) is 1.58. The second-order valence-corrected chi connectivity index (χ2v) is 6.04. The van der Waals surface area contributed by atoms with E-state index in [-0.39, 0.29) is 5.78 Å². The Morgan fingerprint density at radius 1 is 1.19 bits per heavy atom. The molecule has 1 fully saturated rings. The zero-order chi connectivity index (χ0) is 18.8. The standard InChI is InChI=1S/C21H17NO5/c1-25-19-7-3-5-15-13-17(27-20(15)19)8-9-18(23)14-4-2-6-16(12-14)22-10-11-26-21(22)24/h2-9,12-13H,10-11H2,1H3. The highest BCUT2D eigenvalue weighted by molar-refractivity contribution is 6.07. The second kappa shape index (κ2) is 6.99. The molecule has 1 aliphatic heterocycles. The molecule has 3 aromatic rings. The Morgan fingerprint density at radius 3 is 2.81 bits per heavy atom. The number of benzene rings is 2. The van der Waals surface area contributed by atoms with Crippen LogP contribution in [0.5, 0.6) is 5.75 Å². The molecule has 0 bridgehead atoms. The van der Waals surface area contributed by atoms with Gasteiger partial charge in [0.1, 0.15) is 12.4 Å². The molecule has 1 aromatic heterocycles. The minimum atomic E-state index is -0.397. The van der Waals surface area contributed by atoms with Crippen molar-refractivity contribution in [3.8, 4) is 5.75 Å². The van der Waals surface area contributed by atoms with Gasteiger partial charge in [0.2, 0.25) is 0 Å². The van der Waals surface area contributed by atoms with E-state index in [1.54, 1.807) is 37.5 Å². The van der Waals surface area contributed by atoms with Crippen LogP contribution in [0.15, 0.2) is 59.0 Å². The topological polar surface area (TPSA) is 69.0 Å². The van der Waals surface area contributed by atoms with Crippen molar-refractivity contribution in [1.82, 2.24) is 0 Å². The smallest absolute Gasteiger partial charge is 0.414 e. The Hall–Kier alpha value is -3.54. The van der Waals surface area contributed by atoms with Crippen molar-refractivity contribution < 1.29 is 23.5 Å². The Balaban J connectivity index is 1.56. The quantitative estimate of drug-likeness (QED) is 0.499. The molecule has 1 amide bonds. The minimum Gasteiger partial charge on any atom is -0.493 e. The largest absolute Gasteiger partial charge is 0.493 e. The van der Waals surface area contributed by atoms with Gasteiger partial charge in [0, 0.05) is 16.6 Å². The third-order valence-corrected chi connectivity index (χ3v) is 4.35. The molecule has 27 heavy (non-hydrogen) atoms. The average Bonchev–Trinajstić information content (AvgIpc) is 3.31. The molecule has 136 valence electrons. The van der Waals surface area contributed by atoms with Crippen LogP contribution in [-0.2, 0) is 4.74 Å². The first-order valence-electron chi connectivity index (χ1n) is 8.49. The number of methoxy groups -OCH3 is 1. The monoisotopic (exact) mass is 363 g/mol. The zero-order valence-electron chi connectivity index (χ0n) is 14.7. The lowest BCUT2D eigenvalue weighted by Gasteiger charge is -2.12. The van der Waals surface area contributed by atoms with Crippen molar-refractivity contribution >= 4 is 34.6 Å². The summed E-state index contributed by atoms with van der Waals surface area (Å²) in [5.41, 5.74) is 1.77. The maximum atomic E-state index is 12.5. The Kier molecular flexibility index (Phi) is 4.38. The fraction of sp³-hybridized carbons (Fsp3) is 0.143. The van der Waals surface area contributed by atoms with Gasteiger partial charge in [-0.1, -0.05) is 24.3 Å². The normalized spacial score (nSPS) is 14.1. The van der Waals surface area contributed by atoms with E-state index in [9.17, 15) is 9.59 Å². The molecule has 0 unspecified atom stereocenters. The van der Waals surface area contributed by atoms with E-state index in [0.717, 1.165) is 5.39 Å². The molecular weight excluding hydrogens is 346 g/mol. The molecule has 0 atom stereocenters.